The number of aromatic amines is 1. The number of nitrogens with two attached hydrogens (primary N) is 1. The van der Waals surface area contributed by atoms with Gasteiger partial charge in [-0.05, 0) is 19.1 Å². The van der Waals surface area contributed by atoms with Crippen molar-refractivity contribution in [3.63, 3.8) is 0 Å². The molecule has 0 aliphatic heterocycles. The van der Waals surface area contributed by atoms with Gasteiger partial charge in [0.2, 0.25) is 0 Å². The maximum absolute atomic E-state index is 11.0. The number of nitrogens with one attached hydrogen (secondary N) is 1. The number of halogens is 1. The zero-order valence-electron chi connectivity index (χ0n) is 8.62. The van der Waals surface area contributed by atoms with Gasteiger partial charge in [0.1, 0.15) is 6.04 Å². The largest absolute Gasteiger partial charge is 0.480 e. The monoisotopic (exact) mass is 282 g/mol. The number of carboxylic acid groups (broad SMARTS) is 1. The molecule has 0 saturated carbocycles. The minimum Gasteiger partial charge on any atom is -0.480 e. The number of rotatable bonds is 2. The molecule has 1 heterocycles. The van der Waals surface area contributed by atoms with Crippen molar-refractivity contribution in [3.05, 3.63) is 33.9 Å². The molecular formula is C11H11BrN2O2. The Morgan fingerprint density at radius 2 is 2.25 bits per heavy atom. The van der Waals surface area contributed by atoms with Crippen molar-refractivity contribution in [2.75, 3.05) is 0 Å². The highest BCUT2D eigenvalue weighted by Gasteiger charge is 2.22. The van der Waals surface area contributed by atoms with Crippen molar-refractivity contribution in [2.24, 2.45) is 5.73 Å². The second-order valence-electron chi connectivity index (χ2n) is 3.64. The number of hydrogen-bond donors (Lipinski definition) is 3. The minimum atomic E-state index is -1.03. The maximum Gasteiger partial charge on any atom is 0.325 e. The molecule has 16 heavy (non-hydrogen) atoms. The summed E-state index contributed by atoms with van der Waals surface area (Å²) < 4.78 is 0.848. The molecule has 0 bridgehead atoms. The standard InChI is InChI=1S/C11H11BrN2O2/c1-5-8(10(13)11(15)16)9-6(12)3-2-4-7(9)14-5/h2-4,10,14H,13H2,1H3,(H,15,16). The Bertz CT molecular complexity index is 562. The van der Waals surface area contributed by atoms with E-state index in [4.69, 9.17) is 10.8 Å². The van der Waals surface area contributed by atoms with Crippen LogP contribution in [0.15, 0.2) is 22.7 Å². The first-order valence-corrected chi connectivity index (χ1v) is 5.56. The molecule has 1 aromatic carbocycles. The first-order chi connectivity index (χ1) is 7.52. The van der Waals surface area contributed by atoms with Crippen LogP contribution in [0.1, 0.15) is 17.3 Å². The third-order valence-electron chi connectivity index (χ3n) is 2.59. The Labute approximate surface area is 101 Å². The molecule has 0 aliphatic carbocycles. The molecule has 0 spiro atoms. The van der Waals surface area contributed by atoms with Gasteiger partial charge in [0.05, 0.1) is 0 Å². The van der Waals surface area contributed by atoms with Crippen LogP contribution < -0.4 is 5.73 Å². The molecule has 2 rings (SSSR count). The molecule has 4 nitrogen and oxygen atoms in total. The minimum absolute atomic E-state index is 0.634. The fraction of sp³-hybridized carbons (Fsp3) is 0.182. The highest BCUT2D eigenvalue weighted by Crippen LogP contribution is 2.32. The number of hydrogen-bond acceptors (Lipinski definition) is 2. The molecule has 0 saturated heterocycles. The number of aryl methyl sites for hydroxylation is 1. The van der Waals surface area contributed by atoms with E-state index in [1.165, 1.54) is 0 Å². The Morgan fingerprint density at radius 3 is 2.88 bits per heavy atom. The van der Waals surface area contributed by atoms with Crippen molar-refractivity contribution >= 4 is 32.8 Å². The van der Waals surface area contributed by atoms with Crippen LogP contribution >= 0.6 is 15.9 Å². The summed E-state index contributed by atoms with van der Waals surface area (Å²) in [5.41, 5.74) is 7.99. The zero-order chi connectivity index (χ0) is 11.9. The molecule has 0 aliphatic rings. The summed E-state index contributed by atoms with van der Waals surface area (Å²) in [5.74, 6) is -1.03. The Kier molecular flexibility index (Phi) is 2.73. The van der Waals surface area contributed by atoms with Gasteiger partial charge in [-0.25, -0.2) is 0 Å². The molecule has 84 valence electrons. The topological polar surface area (TPSA) is 79.1 Å². The number of benzene rings is 1. The lowest BCUT2D eigenvalue weighted by atomic mass is 10.0. The molecule has 4 N–H and O–H groups in total. The fourth-order valence-electron chi connectivity index (χ4n) is 1.87. The first kappa shape index (κ1) is 11.2. The van der Waals surface area contributed by atoms with E-state index >= 15 is 0 Å². The molecule has 0 amide bonds. The summed E-state index contributed by atoms with van der Waals surface area (Å²) in [4.78, 5) is 14.1. The van der Waals surface area contributed by atoms with Crippen LogP contribution in [0, 0.1) is 6.92 Å². The van der Waals surface area contributed by atoms with Crippen LogP contribution in [0.2, 0.25) is 0 Å². The second-order valence-corrected chi connectivity index (χ2v) is 4.50. The maximum atomic E-state index is 11.0. The smallest absolute Gasteiger partial charge is 0.325 e. The number of H-pyrrole nitrogens is 1. The average Bonchev–Trinajstić information content (AvgIpc) is 2.54. The number of aromatic nitrogens is 1. The summed E-state index contributed by atoms with van der Waals surface area (Å²) >= 11 is 3.41. The summed E-state index contributed by atoms with van der Waals surface area (Å²) in [6.45, 7) is 1.82. The van der Waals surface area contributed by atoms with Crippen molar-refractivity contribution in [3.8, 4) is 0 Å². The fourth-order valence-corrected chi connectivity index (χ4v) is 2.45. The van der Waals surface area contributed by atoms with Gasteiger partial charge in [0.25, 0.3) is 0 Å². The number of carbonyl (C=O) groups is 1. The normalized spacial score (nSPS) is 12.9. The van der Waals surface area contributed by atoms with Gasteiger partial charge < -0.3 is 15.8 Å². The van der Waals surface area contributed by atoms with E-state index in [1.807, 2.05) is 25.1 Å². The van der Waals surface area contributed by atoms with Crippen molar-refractivity contribution in [2.45, 2.75) is 13.0 Å². The molecule has 0 radical (unpaired) electrons. The zero-order valence-corrected chi connectivity index (χ0v) is 10.2. The Balaban J connectivity index is 2.77. The van der Waals surface area contributed by atoms with Gasteiger partial charge in [-0.2, -0.15) is 0 Å². The third kappa shape index (κ3) is 1.62. The van der Waals surface area contributed by atoms with Gasteiger partial charge in [0, 0.05) is 26.6 Å². The van der Waals surface area contributed by atoms with E-state index in [-0.39, 0.29) is 0 Å². The van der Waals surface area contributed by atoms with Gasteiger partial charge >= 0.3 is 5.97 Å². The van der Waals surface area contributed by atoms with Gasteiger partial charge in [0.15, 0.2) is 0 Å². The first-order valence-electron chi connectivity index (χ1n) is 4.77. The van der Waals surface area contributed by atoms with Crippen molar-refractivity contribution < 1.29 is 9.90 Å². The molecule has 1 atom stereocenters. The van der Waals surface area contributed by atoms with Crippen LogP contribution in [-0.4, -0.2) is 16.1 Å². The van der Waals surface area contributed by atoms with E-state index in [0.717, 1.165) is 21.1 Å². The van der Waals surface area contributed by atoms with Crippen LogP contribution in [0.25, 0.3) is 10.9 Å². The second kappa shape index (κ2) is 3.92. The average molecular weight is 283 g/mol. The third-order valence-corrected chi connectivity index (χ3v) is 3.25. The molecule has 0 fully saturated rings. The van der Waals surface area contributed by atoms with E-state index in [2.05, 4.69) is 20.9 Å². The van der Waals surface area contributed by atoms with Crippen molar-refractivity contribution in [1.29, 1.82) is 0 Å². The quantitative estimate of drug-likeness (QED) is 0.791. The number of carboxylic acids is 1. The molecule has 5 heteroatoms. The van der Waals surface area contributed by atoms with Crippen LogP contribution in [0.3, 0.4) is 0 Å². The van der Waals surface area contributed by atoms with Crippen LogP contribution in [-0.2, 0) is 4.79 Å². The lowest BCUT2D eigenvalue weighted by molar-refractivity contribution is -0.138. The number of aliphatic carboxylic acids is 1. The van der Waals surface area contributed by atoms with Gasteiger partial charge in [-0.3, -0.25) is 4.79 Å². The van der Waals surface area contributed by atoms with Gasteiger partial charge in [-0.15, -0.1) is 0 Å². The summed E-state index contributed by atoms with van der Waals surface area (Å²) in [5, 5.41) is 9.82. The lowest BCUT2D eigenvalue weighted by Gasteiger charge is -2.07. The molecule has 1 unspecified atom stereocenters. The predicted molar refractivity (Wildman–Crippen MR) is 65.3 cm³/mol. The highest BCUT2D eigenvalue weighted by atomic mass is 79.9. The van der Waals surface area contributed by atoms with E-state index < -0.39 is 12.0 Å². The van der Waals surface area contributed by atoms with Crippen molar-refractivity contribution in [1.82, 2.24) is 4.98 Å². The molecular weight excluding hydrogens is 272 g/mol. The van der Waals surface area contributed by atoms with E-state index in [0.29, 0.717) is 5.56 Å². The number of fused-ring (bicyclic) bond motifs is 1. The highest BCUT2D eigenvalue weighted by molar-refractivity contribution is 9.10. The summed E-state index contributed by atoms with van der Waals surface area (Å²) in [7, 11) is 0. The predicted octanol–water partition coefficient (Wildman–Crippen LogP) is 2.32. The lowest BCUT2D eigenvalue weighted by Crippen LogP contribution is -2.21. The SMILES string of the molecule is Cc1[nH]c2cccc(Br)c2c1C(N)C(=O)O. The van der Waals surface area contributed by atoms with E-state index in [9.17, 15) is 4.79 Å². The Hall–Kier alpha value is -1.33. The molecule has 2 aromatic rings. The summed E-state index contributed by atoms with van der Waals surface area (Å²) in [6, 6.07) is 4.64. The summed E-state index contributed by atoms with van der Waals surface area (Å²) in [6.07, 6.45) is 0. The van der Waals surface area contributed by atoms with Crippen LogP contribution in [0.4, 0.5) is 0 Å². The van der Waals surface area contributed by atoms with Gasteiger partial charge in [-0.1, -0.05) is 22.0 Å². The Morgan fingerprint density at radius 1 is 1.56 bits per heavy atom. The van der Waals surface area contributed by atoms with Crippen LogP contribution in [0.5, 0.6) is 0 Å². The molecule has 1 aromatic heterocycles. The van der Waals surface area contributed by atoms with E-state index in [1.54, 1.807) is 0 Å².